The highest BCUT2D eigenvalue weighted by Gasteiger charge is 2.30. The molecule has 3 aromatic carbocycles. The smallest absolute Gasteiger partial charge is 0.268 e. The van der Waals surface area contributed by atoms with E-state index in [-0.39, 0.29) is 11.8 Å². The fourth-order valence-electron chi connectivity index (χ4n) is 5.41. The van der Waals surface area contributed by atoms with Gasteiger partial charge in [-0.25, -0.2) is 4.98 Å². The van der Waals surface area contributed by atoms with Crippen LogP contribution in [0.3, 0.4) is 0 Å². The first-order valence-corrected chi connectivity index (χ1v) is 14.1. The number of hydrogen-bond acceptors (Lipinski definition) is 3. The quantitative estimate of drug-likeness (QED) is 0.211. The number of rotatable bonds is 11. The van der Waals surface area contributed by atoms with Gasteiger partial charge in [-0.15, -0.1) is 0 Å². The summed E-state index contributed by atoms with van der Waals surface area (Å²) in [5, 5.41) is 4.38. The molecular formula is C34H39N5O. The Kier molecular flexibility index (Phi) is 8.46. The molecule has 1 N–H and O–H groups in total. The highest BCUT2D eigenvalue weighted by molar-refractivity contribution is 6.02. The van der Waals surface area contributed by atoms with Gasteiger partial charge >= 0.3 is 0 Å². The summed E-state index contributed by atoms with van der Waals surface area (Å²) >= 11 is 0. The van der Waals surface area contributed by atoms with Gasteiger partial charge in [0, 0.05) is 61.0 Å². The van der Waals surface area contributed by atoms with Gasteiger partial charge in [-0.1, -0.05) is 77.9 Å². The second-order valence-corrected chi connectivity index (χ2v) is 10.9. The molecular weight excluding hydrogens is 494 g/mol. The van der Waals surface area contributed by atoms with E-state index in [1.54, 1.807) is 6.20 Å². The highest BCUT2D eigenvalue weighted by atomic mass is 16.1. The number of nitrogens with one attached hydrogen (secondary N) is 1. The van der Waals surface area contributed by atoms with Gasteiger partial charge in [0.2, 0.25) is 0 Å². The maximum Gasteiger partial charge on any atom is 0.268 e. The fourth-order valence-corrected chi connectivity index (χ4v) is 5.41. The molecule has 0 aliphatic carbocycles. The van der Waals surface area contributed by atoms with Gasteiger partial charge in [-0.3, -0.25) is 4.79 Å². The van der Waals surface area contributed by atoms with E-state index in [1.807, 2.05) is 17.1 Å². The van der Waals surface area contributed by atoms with E-state index in [0.29, 0.717) is 6.54 Å². The van der Waals surface area contributed by atoms with E-state index in [9.17, 15) is 4.79 Å². The topological polar surface area (TPSA) is 55.1 Å². The third-order valence-electron chi connectivity index (χ3n) is 7.54. The number of amides is 1. The molecule has 2 heterocycles. The summed E-state index contributed by atoms with van der Waals surface area (Å²) in [4.78, 5) is 20.5. The second kappa shape index (κ2) is 12.3. The minimum atomic E-state index is -0.0848. The Labute approximate surface area is 237 Å². The molecule has 5 rings (SSSR count). The summed E-state index contributed by atoms with van der Waals surface area (Å²) in [6, 6.07) is 25.9. The van der Waals surface area contributed by atoms with Crippen molar-refractivity contribution in [3.05, 3.63) is 125 Å². The van der Waals surface area contributed by atoms with Crippen LogP contribution in [0.4, 0.5) is 0 Å². The number of benzene rings is 3. The molecule has 6 nitrogen and oxygen atoms in total. The molecule has 206 valence electrons. The van der Waals surface area contributed by atoms with Gasteiger partial charge in [-0.05, 0) is 51.6 Å². The van der Waals surface area contributed by atoms with Gasteiger partial charge in [0.15, 0.2) is 0 Å². The fraction of sp³-hybridized carbons (Fsp3) is 0.294. The number of aryl methyl sites for hydroxylation is 3. The highest BCUT2D eigenvalue weighted by Crippen LogP contribution is 2.40. The molecule has 0 saturated heterocycles. The van der Waals surface area contributed by atoms with Crippen molar-refractivity contribution in [2.75, 3.05) is 27.2 Å². The second-order valence-electron chi connectivity index (χ2n) is 10.9. The number of fused-ring (bicyclic) bond motifs is 1. The van der Waals surface area contributed by atoms with Crippen molar-refractivity contribution in [3.63, 3.8) is 0 Å². The molecule has 40 heavy (non-hydrogen) atoms. The zero-order valence-electron chi connectivity index (χ0n) is 24.0. The van der Waals surface area contributed by atoms with Crippen LogP contribution in [-0.4, -0.2) is 52.1 Å². The molecule has 5 aromatic rings. The summed E-state index contributed by atoms with van der Waals surface area (Å²) in [5.74, 6) is -0.113. The molecule has 6 heteroatoms. The van der Waals surface area contributed by atoms with Crippen LogP contribution in [-0.2, 0) is 13.1 Å². The van der Waals surface area contributed by atoms with Crippen LogP contribution in [0.2, 0.25) is 0 Å². The Balaban J connectivity index is 1.64. The Bertz CT molecular complexity index is 1500. The maximum absolute atomic E-state index is 14.2. The van der Waals surface area contributed by atoms with E-state index >= 15 is 0 Å². The van der Waals surface area contributed by atoms with E-state index in [4.69, 9.17) is 0 Å². The van der Waals surface area contributed by atoms with Crippen molar-refractivity contribution < 1.29 is 4.79 Å². The van der Waals surface area contributed by atoms with E-state index in [2.05, 4.69) is 121 Å². The summed E-state index contributed by atoms with van der Waals surface area (Å²) in [6.07, 6.45) is 6.37. The van der Waals surface area contributed by atoms with Crippen molar-refractivity contribution >= 4 is 16.8 Å². The first-order chi connectivity index (χ1) is 19.4. The molecule has 0 spiro atoms. The third-order valence-corrected chi connectivity index (χ3v) is 7.54. The molecule has 0 bridgehead atoms. The molecule has 0 aliphatic rings. The monoisotopic (exact) mass is 533 g/mol. The van der Waals surface area contributed by atoms with E-state index < -0.39 is 0 Å². The summed E-state index contributed by atoms with van der Waals surface area (Å²) in [6.45, 7) is 7.18. The van der Waals surface area contributed by atoms with Gasteiger partial charge < -0.3 is 19.4 Å². The zero-order chi connectivity index (χ0) is 28.1. The van der Waals surface area contributed by atoms with Crippen LogP contribution in [0.15, 0.2) is 91.5 Å². The van der Waals surface area contributed by atoms with E-state index in [0.717, 1.165) is 48.2 Å². The normalized spacial score (nSPS) is 11.6. The SMILES string of the molecule is Cc1ccc(C(c2ccc(C)cc2)c2c(C(=O)NCCCn3ccnc3)n(CCN(C)C)c3ccccc23)cc1. The predicted molar refractivity (Wildman–Crippen MR) is 163 cm³/mol. The first kappa shape index (κ1) is 27.4. The lowest BCUT2D eigenvalue weighted by molar-refractivity contribution is 0.0942. The Morgan fingerprint density at radius 3 is 2.15 bits per heavy atom. The predicted octanol–water partition coefficient (Wildman–Crippen LogP) is 6.02. The maximum atomic E-state index is 14.2. The molecule has 0 aliphatic heterocycles. The van der Waals surface area contributed by atoms with Gasteiger partial charge in [0.25, 0.3) is 5.91 Å². The van der Waals surface area contributed by atoms with Crippen molar-refractivity contribution in [1.29, 1.82) is 0 Å². The Morgan fingerprint density at radius 2 is 1.55 bits per heavy atom. The van der Waals surface area contributed by atoms with Crippen molar-refractivity contribution in [2.24, 2.45) is 0 Å². The van der Waals surface area contributed by atoms with Crippen LogP contribution in [0.1, 0.15) is 50.6 Å². The molecule has 0 unspecified atom stereocenters. The molecule has 0 saturated carbocycles. The Morgan fingerprint density at radius 1 is 0.900 bits per heavy atom. The zero-order valence-corrected chi connectivity index (χ0v) is 24.0. The van der Waals surface area contributed by atoms with Crippen molar-refractivity contribution in [3.8, 4) is 0 Å². The van der Waals surface area contributed by atoms with Gasteiger partial charge in [-0.2, -0.15) is 0 Å². The van der Waals surface area contributed by atoms with Gasteiger partial charge in [0.05, 0.1) is 6.33 Å². The molecule has 2 aromatic heterocycles. The number of aromatic nitrogens is 3. The van der Waals surface area contributed by atoms with Crippen molar-refractivity contribution in [2.45, 2.75) is 39.3 Å². The lowest BCUT2D eigenvalue weighted by atomic mass is 9.83. The third kappa shape index (κ3) is 6.02. The summed E-state index contributed by atoms with van der Waals surface area (Å²) in [5.41, 5.74) is 7.70. The Hall–Kier alpha value is -4.16. The van der Waals surface area contributed by atoms with Crippen LogP contribution < -0.4 is 5.32 Å². The van der Waals surface area contributed by atoms with Crippen LogP contribution in [0, 0.1) is 13.8 Å². The lowest BCUT2D eigenvalue weighted by Gasteiger charge is -2.22. The largest absolute Gasteiger partial charge is 0.351 e. The van der Waals surface area contributed by atoms with Crippen LogP contribution in [0.5, 0.6) is 0 Å². The number of carbonyl (C=O) groups is 1. The minimum Gasteiger partial charge on any atom is -0.351 e. The molecule has 0 atom stereocenters. The van der Waals surface area contributed by atoms with Crippen LogP contribution in [0.25, 0.3) is 10.9 Å². The number of imidazole rings is 1. The standard InChI is InChI=1S/C34H39N5O/c1-25-10-14-27(15-11-25)31(28-16-12-26(2)13-17-28)32-29-8-5-6-9-30(29)39(23-22-37(3)4)33(32)34(40)36-18-7-20-38-21-19-35-24-38/h5-6,8-17,19,21,24,31H,7,18,20,22-23H2,1-4H3,(H,36,40). The minimum absolute atomic E-state index is 0.0280. The number of para-hydroxylation sites is 1. The first-order valence-electron chi connectivity index (χ1n) is 14.1. The number of likely N-dealkylation sites (N-methyl/N-ethyl adjacent to an activating group) is 1. The summed E-state index contributed by atoms with van der Waals surface area (Å²) in [7, 11) is 4.15. The summed E-state index contributed by atoms with van der Waals surface area (Å²) < 4.78 is 4.27. The van der Waals surface area contributed by atoms with Crippen molar-refractivity contribution in [1.82, 2.24) is 24.3 Å². The van der Waals surface area contributed by atoms with E-state index in [1.165, 1.54) is 22.3 Å². The molecule has 0 fully saturated rings. The molecule has 0 radical (unpaired) electrons. The molecule has 1 amide bonds. The number of nitrogens with zero attached hydrogens (tertiary/aromatic N) is 4. The number of hydrogen-bond donors (Lipinski definition) is 1. The lowest BCUT2D eigenvalue weighted by Crippen LogP contribution is -2.30. The number of carbonyl (C=O) groups excluding carboxylic acids is 1. The average molecular weight is 534 g/mol. The van der Waals surface area contributed by atoms with Crippen LogP contribution >= 0.6 is 0 Å². The van der Waals surface area contributed by atoms with Gasteiger partial charge in [0.1, 0.15) is 5.69 Å². The average Bonchev–Trinajstić information content (AvgIpc) is 3.58.